The molecule has 2 aliphatic rings. The van der Waals surface area contributed by atoms with Gasteiger partial charge in [0, 0.05) is 6.04 Å². The first-order chi connectivity index (χ1) is 7.29. The summed E-state index contributed by atoms with van der Waals surface area (Å²) in [6, 6.07) is 0.930. The highest BCUT2D eigenvalue weighted by atomic mass is 15.2. The molecule has 0 spiro atoms. The van der Waals surface area contributed by atoms with Crippen molar-refractivity contribution in [1.29, 1.82) is 0 Å². The minimum atomic E-state index is 0.543. The van der Waals surface area contributed by atoms with Crippen molar-refractivity contribution >= 4 is 0 Å². The molecule has 88 valence electrons. The van der Waals surface area contributed by atoms with E-state index >= 15 is 0 Å². The Morgan fingerprint density at radius 2 is 2.00 bits per heavy atom. The van der Waals surface area contributed by atoms with Gasteiger partial charge in [0.1, 0.15) is 0 Å². The molecule has 0 saturated heterocycles. The maximum absolute atomic E-state index is 5.90. The predicted octanol–water partition coefficient (Wildman–Crippen LogP) is 2.38. The van der Waals surface area contributed by atoms with Crippen LogP contribution < -0.4 is 5.73 Å². The molecule has 2 nitrogen and oxygen atoms in total. The Balaban J connectivity index is 1.74. The summed E-state index contributed by atoms with van der Waals surface area (Å²) in [5.41, 5.74) is 6.44. The summed E-state index contributed by atoms with van der Waals surface area (Å²) in [6.07, 6.45) is 9.70. The van der Waals surface area contributed by atoms with Gasteiger partial charge in [0.2, 0.25) is 0 Å². The van der Waals surface area contributed by atoms with Crippen LogP contribution in [0.3, 0.4) is 0 Å². The molecule has 2 fully saturated rings. The molecule has 0 aromatic rings. The van der Waals surface area contributed by atoms with E-state index in [1.807, 2.05) is 0 Å². The topological polar surface area (TPSA) is 29.3 Å². The zero-order valence-corrected chi connectivity index (χ0v) is 10.2. The van der Waals surface area contributed by atoms with E-state index in [0.29, 0.717) is 5.41 Å². The fraction of sp³-hybridized carbons (Fsp3) is 1.00. The lowest BCUT2D eigenvalue weighted by molar-refractivity contribution is 0.103. The van der Waals surface area contributed by atoms with E-state index in [2.05, 4.69) is 11.8 Å². The molecule has 0 bridgehead atoms. The molecule has 2 rings (SSSR count). The van der Waals surface area contributed by atoms with E-state index in [-0.39, 0.29) is 0 Å². The molecule has 0 aliphatic heterocycles. The monoisotopic (exact) mass is 210 g/mol. The first-order valence-electron chi connectivity index (χ1n) is 6.74. The Kier molecular flexibility index (Phi) is 3.68. The van der Waals surface area contributed by atoms with E-state index in [9.17, 15) is 0 Å². The molecule has 2 aliphatic carbocycles. The molecular weight excluding hydrogens is 184 g/mol. The molecule has 0 amide bonds. The average molecular weight is 210 g/mol. The maximum atomic E-state index is 5.90. The third-order valence-corrected chi connectivity index (χ3v) is 4.35. The number of nitrogens with zero attached hydrogens (tertiary/aromatic N) is 1. The van der Waals surface area contributed by atoms with Gasteiger partial charge < -0.3 is 10.6 Å². The van der Waals surface area contributed by atoms with Gasteiger partial charge in [-0.2, -0.15) is 0 Å². The van der Waals surface area contributed by atoms with Gasteiger partial charge in [-0.1, -0.05) is 13.3 Å². The summed E-state index contributed by atoms with van der Waals surface area (Å²) in [6.45, 7) is 5.80. The summed E-state index contributed by atoms with van der Waals surface area (Å²) in [7, 11) is 0. The summed E-state index contributed by atoms with van der Waals surface area (Å²) in [4.78, 5) is 2.70. The molecule has 2 saturated carbocycles. The molecule has 0 aromatic carbocycles. The molecule has 0 atom stereocenters. The van der Waals surface area contributed by atoms with E-state index in [1.54, 1.807) is 0 Å². The van der Waals surface area contributed by atoms with Crippen molar-refractivity contribution in [2.75, 3.05) is 19.6 Å². The molecule has 2 N–H and O–H groups in total. The molecule has 0 unspecified atom stereocenters. The Bertz CT molecular complexity index is 189. The van der Waals surface area contributed by atoms with Gasteiger partial charge in [0.15, 0.2) is 0 Å². The molecule has 0 radical (unpaired) electrons. The Labute approximate surface area is 94.2 Å². The summed E-state index contributed by atoms with van der Waals surface area (Å²) >= 11 is 0. The van der Waals surface area contributed by atoms with E-state index in [4.69, 9.17) is 5.73 Å². The number of rotatable bonds is 7. The SMILES string of the molecule is CCCN(CCC1(CN)CCC1)C1CC1. The lowest BCUT2D eigenvalue weighted by Crippen LogP contribution is -2.41. The highest BCUT2D eigenvalue weighted by Gasteiger charge is 2.37. The van der Waals surface area contributed by atoms with Crippen LogP contribution in [0.1, 0.15) is 51.9 Å². The molecule has 2 heteroatoms. The van der Waals surface area contributed by atoms with Gasteiger partial charge >= 0.3 is 0 Å². The first kappa shape index (κ1) is 11.4. The third kappa shape index (κ3) is 2.73. The van der Waals surface area contributed by atoms with Crippen LogP contribution in [-0.2, 0) is 0 Å². The van der Waals surface area contributed by atoms with Gasteiger partial charge in [-0.15, -0.1) is 0 Å². The number of nitrogens with two attached hydrogens (primary N) is 1. The normalized spacial score (nSPS) is 24.2. The number of hydrogen-bond acceptors (Lipinski definition) is 2. The second-order valence-electron chi connectivity index (χ2n) is 5.57. The fourth-order valence-corrected chi connectivity index (χ4v) is 2.82. The van der Waals surface area contributed by atoms with Crippen molar-refractivity contribution in [3.63, 3.8) is 0 Å². The molecule has 0 aromatic heterocycles. The van der Waals surface area contributed by atoms with Gasteiger partial charge in [0.25, 0.3) is 0 Å². The van der Waals surface area contributed by atoms with Gasteiger partial charge in [-0.3, -0.25) is 0 Å². The molecular formula is C13H26N2. The smallest absolute Gasteiger partial charge is 0.00964 e. The van der Waals surface area contributed by atoms with Crippen LogP contribution in [0.5, 0.6) is 0 Å². The van der Waals surface area contributed by atoms with E-state index in [0.717, 1.165) is 12.6 Å². The van der Waals surface area contributed by atoms with Crippen LogP contribution in [0.25, 0.3) is 0 Å². The van der Waals surface area contributed by atoms with Crippen LogP contribution in [-0.4, -0.2) is 30.6 Å². The first-order valence-corrected chi connectivity index (χ1v) is 6.74. The highest BCUT2D eigenvalue weighted by molar-refractivity contribution is 4.91. The molecule has 0 heterocycles. The van der Waals surface area contributed by atoms with Crippen molar-refractivity contribution in [2.45, 2.75) is 57.9 Å². The minimum Gasteiger partial charge on any atom is -0.330 e. The molecule has 15 heavy (non-hydrogen) atoms. The lowest BCUT2D eigenvalue weighted by Gasteiger charge is -2.42. The van der Waals surface area contributed by atoms with Gasteiger partial charge in [0.05, 0.1) is 0 Å². The summed E-state index contributed by atoms with van der Waals surface area (Å²) in [5, 5.41) is 0. The van der Waals surface area contributed by atoms with Crippen LogP contribution >= 0.6 is 0 Å². The number of hydrogen-bond donors (Lipinski definition) is 1. The average Bonchev–Trinajstić information content (AvgIpc) is 2.98. The summed E-state index contributed by atoms with van der Waals surface area (Å²) in [5.74, 6) is 0. The zero-order chi connectivity index (χ0) is 10.7. The van der Waals surface area contributed by atoms with Crippen LogP contribution in [0.15, 0.2) is 0 Å². The lowest BCUT2D eigenvalue weighted by atomic mass is 9.66. The summed E-state index contributed by atoms with van der Waals surface area (Å²) < 4.78 is 0. The van der Waals surface area contributed by atoms with Crippen molar-refractivity contribution < 1.29 is 0 Å². The highest BCUT2D eigenvalue weighted by Crippen LogP contribution is 2.43. The van der Waals surface area contributed by atoms with Crippen LogP contribution in [0.2, 0.25) is 0 Å². The van der Waals surface area contributed by atoms with E-state index in [1.165, 1.54) is 58.0 Å². The van der Waals surface area contributed by atoms with Gasteiger partial charge in [-0.25, -0.2) is 0 Å². The Hall–Kier alpha value is -0.0800. The third-order valence-electron chi connectivity index (χ3n) is 4.35. The van der Waals surface area contributed by atoms with Crippen molar-refractivity contribution in [2.24, 2.45) is 11.1 Å². The van der Waals surface area contributed by atoms with E-state index < -0.39 is 0 Å². The van der Waals surface area contributed by atoms with Crippen molar-refractivity contribution in [1.82, 2.24) is 4.90 Å². The maximum Gasteiger partial charge on any atom is 0.00964 e. The Morgan fingerprint density at radius 1 is 1.27 bits per heavy atom. The zero-order valence-electron chi connectivity index (χ0n) is 10.2. The van der Waals surface area contributed by atoms with Crippen molar-refractivity contribution in [3.8, 4) is 0 Å². The van der Waals surface area contributed by atoms with Gasteiger partial charge in [-0.05, 0) is 63.6 Å². The minimum absolute atomic E-state index is 0.543. The second-order valence-corrected chi connectivity index (χ2v) is 5.57. The van der Waals surface area contributed by atoms with Crippen LogP contribution in [0.4, 0.5) is 0 Å². The van der Waals surface area contributed by atoms with Crippen LogP contribution in [0, 0.1) is 5.41 Å². The Morgan fingerprint density at radius 3 is 2.40 bits per heavy atom. The second kappa shape index (κ2) is 4.84. The van der Waals surface area contributed by atoms with Crippen molar-refractivity contribution in [3.05, 3.63) is 0 Å². The predicted molar refractivity (Wildman–Crippen MR) is 64.8 cm³/mol. The standard InChI is InChI=1S/C13H26N2/c1-2-9-15(12-4-5-12)10-8-13(11-14)6-3-7-13/h12H,2-11,14H2,1H3. The fourth-order valence-electron chi connectivity index (χ4n) is 2.82. The largest absolute Gasteiger partial charge is 0.330 e. The quantitative estimate of drug-likeness (QED) is 0.699.